The minimum absolute atomic E-state index is 0. The molecular formula is C6H15HgS+. The van der Waals surface area contributed by atoms with Gasteiger partial charge in [0.25, 0.3) is 0 Å². The maximum absolute atomic E-state index is 2.24. The molecule has 0 fully saturated rings. The first kappa shape index (κ1) is 12.0. The molecule has 46 valence electrons. The van der Waals surface area contributed by atoms with E-state index in [1.165, 1.54) is 24.3 Å². The van der Waals surface area contributed by atoms with Crippen LogP contribution in [-0.2, 0) is 39.4 Å². The summed E-state index contributed by atoms with van der Waals surface area (Å²) in [5, 5.41) is 0. The van der Waals surface area contributed by atoms with Crippen LogP contribution < -0.4 is 0 Å². The smallest absolute Gasteiger partial charge is 0.0609 e. The van der Waals surface area contributed by atoms with Crippen LogP contribution in [0.1, 0.15) is 26.7 Å². The molecule has 0 nitrogen and oxygen atoms in total. The quantitative estimate of drug-likeness (QED) is 0.320. The van der Waals surface area contributed by atoms with Crippen LogP contribution >= 0.6 is 0 Å². The van der Waals surface area contributed by atoms with Gasteiger partial charge in [-0.15, -0.1) is 0 Å². The zero-order chi connectivity index (χ0) is 5.54. The molecular weight excluding hydrogens is 305 g/mol. The molecule has 0 aromatic carbocycles. The fraction of sp³-hybridized carbons (Fsp3) is 1.00. The average Bonchev–Trinajstić information content (AvgIpc) is 1.69. The zero-order valence-corrected chi connectivity index (χ0v) is 12.4. The van der Waals surface area contributed by atoms with E-state index >= 15 is 0 Å². The Balaban J connectivity index is 0. The van der Waals surface area contributed by atoms with Gasteiger partial charge >= 0.3 is 0 Å². The summed E-state index contributed by atoms with van der Waals surface area (Å²) in [4.78, 5) is 0. The molecule has 0 unspecified atom stereocenters. The minimum atomic E-state index is 0. The van der Waals surface area contributed by atoms with Crippen molar-refractivity contribution in [2.75, 3.05) is 11.5 Å². The standard InChI is InChI=1S/C6H14S.Hg/c1-3-5-7-6-4-2;/h3-6H2,1-2H3;/p+1. The number of thiol groups is 1. The van der Waals surface area contributed by atoms with Gasteiger partial charge in [-0.2, -0.15) is 0 Å². The minimum Gasteiger partial charge on any atom is -0.0609 e. The van der Waals surface area contributed by atoms with Crippen molar-refractivity contribution in [1.29, 1.82) is 0 Å². The Morgan fingerprint density at radius 3 is 1.62 bits per heavy atom. The fourth-order valence-electron chi connectivity index (χ4n) is 0.428. The van der Waals surface area contributed by atoms with Gasteiger partial charge in [-0.3, -0.25) is 0 Å². The van der Waals surface area contributed by atoms with Crippen molar-refractivity contribution in [3.63, 3.8) is 0 Å². The van der Waals surface area contributed by atoms with Crippen molar-refractivity contribution >= 4 is 11.8 Å². The summed E-state index contributed by atoms with van der Waals surface area (Å²) in [7, 11) is 0. The van der Waals surface area contributed by atoms with Gasteiger partial charge in [-0.1, -0.05) is 13.8 Å². The predicted octanol–water partition coefficient (Wildman–Crippen LogP) is 1.62. The van der Waals surface area contributed by atoms with E-state index in [0.717, 1.165) is 0 Å². The normalized spacial score (nSPS) is 8.25. The Labute approximate surface area is 77.3 Å². The SMILES string of the molecule is CCC[SH+]CCC.[Hg]. The van der Waals surface area contributed by atoms with Crippen molar-refractivity contribution in [3.05, 3.63) is 0 Å². The van der Waals surface area contributed by atoms with Crippen LogP contribution in [0.5, 0.6) is 0 Å². The molecule has 0 aliphatic carbocycles. The van der Waals surface area contributed by atoms with Crippen LogP contribution in [0.2, 0.25) is 0 Å². The van der Waals surface area contributed by atoms with E-state index in [-0.39, 0.29) is 27.7 Å². The summed E-state index contributed by atoms with van der Waals surface area (Å²) in [6.45, 7) is 4.48. The van der Waals surface area contributed by atoms with Crippen LogP contribution in [0.15, 0.2) is 0 Å². The van der Waals surface area contributed by atoms with E-state index < -0.39 is 0 Å². The Morgan fingerprint density at radius 2 is 1.38 bits per heavy atom. The first-order valence-electron chi connectivity index (χ1n) is 3.05. The van der Waals surface area contributed by atoms with E-state index in [2.05, 4.69) is 13.8 Å². The van der Waals surface area contributed by atoms with E-state index in [1.54, 1.807) is 11.8 Å². The fourth-order valence-corrected chi connectivity index (χ4v) is 1.28. The molecule has 0 spiro atoms. The van der Waals surface area contributed by atoms with E-state index in [0.29, 0.717) is 0 Å². The summed E-state index contributed by atoms with van der Waals surface area (Å²) in [5.41, 5.74) is 0. The maximum Gasteiger partial charge on any atom is 0.105 e. The Hall–Kier alpha value is 1.29. The van der Waals surface area contributed by atoms with Crippen molar-refractivity contribution in [2.24, 2.45) is 0 Å². The first-order chi connectivity index (χ1) is 3.41. The molecule has 0 saturated carbocycles. The third-order valence-corrected chi connectivity index (χ3v) is 2.29. The van der Waals surface area contributed by atoms with Crippen molar-refractivity contribution in [1.82, 2.24) is 0 Å². The molecule has 2 heteroatoms. The van der Waals surface area contributed by atoms with Gasteiger partial charge in [-0.05, 0) is 24.6 Å². The third-order valence-electron chi connectivity index (χ3n) is 0.763. The Morgan fingerprint density at radius 1 is 1.00 bits per heavy atom. The number of rotatable bonds is 4. The first-order valence-corrected chi connectivity index (χ1v) is 4.31. The van der Waals surface area contributed by atoms with Gasteiger partial charge in [-0.25, -0.2) is 0 Å². The van der Waals surface area contributed by atoms with Gasteiger partial charge < -0.3 is 0 Å². The molecule has 0 N–H and O–H groups in total. The topological polar surface area (TPSA) is 0 Å². The summed E-state index contributed by atoms with van der Waals surface area (Å²) >= 11 is 1.64. The molecule has 0 aliphatic heterocycles. The van der Waals surface area contributed by atoms with Gasteiger partial charge in [0.1, 0.15) is 11.5 Å². The zero-order valence-electron chi connectivity index (χ0n) is 5.98. The number of hydrogen-bond donors (Lipinski definition) is 0. The van der Waals surface area contributed by atoms with Crippen LogP contribution in [0, 0.1) is 0 Å². The Bertz CT molecular complexity index is 27.7. The molecule has 8 heavy (non-hydrogen) atoms. The molecule has 0 bridgehead atoms. The summed E-state index contributed by atoms with van der Waals surface area (Å²) in [5.74, 6) is 2.79. The van der Waals surface area contributed by atoms with E-state index in [9.17, 15) is 0 Å². The second kappa shape index (κ2) is 11.1. The van der Waals surface area contributed by atoms with Crippen LogP contribution in [0.3, 0.4) is 0 Å². The maximum atomic E-state index is 2.24. The van der Waals surface area contributed by atoms with Gasteiger partial charge in [0.05, 0.1) is 0 Å². The molecule has 0 amide bonds. The van der Waals surface area contributed by atoms with Crippen LogP contribution in [-0.4, -0.2) is 11.5 Å². The molecule has 0 aromatic rings. The largest absolute Gasteiger partial charge is 0.105 e. The third kappa shape index (κ3) is 10.3. The van der Waals surface area contributed by atoms with Gasteiger partial charge in [0.15, 0.2) is 0 Å². The second-order valence-corrected chi connectivity index (χ2v) is 3.01. The number of hydrogen-bond acceptors (Lipinski definition) is 0. The summed E-state index contributed by atoms with van der Waals surface area (Å²) in [6.07, 6.45) is 2.70. The van der Waals surface area contributed by atoms with E-state index in [4.69, 9.17) is 0 Å². The van der Waals surface area contributed by atoms with Crippen LogP contribution in [0.4, 0.5) is 0 Å². The van der Waals surface area contributed by atoms with Gasteiger partial charge in [0.2, 0.25) is 0 Å². The molecule has 0 aliphatic rings. The van der Waals surface area contributed by atoms with Crippen molar-refractivity contribution in [2.45, 2.75) is 26.7 Å². The van der Waals surface area contributed by atoms with E-state index in [1.807, 2.05) is 0 Å². The van der Waals surface area contributed by atoms with Crippen molar-refractivity contribution in [3.8, 4) is 0 Å². The monoisotopic (exact) mass is 321 g/mol. The Kier molecular flexibility index (Phi) is 16.7. The van der Waals surface area contributed by atoms with Gasteiger partial charge in [0, 0.05) is 27.7 Å². The molecule has 0 radical (unpaired) electrons. The summed E-state index contributed by atoms with van der Waals surface area (Å²) < 4.78 is 0. The molecule has 0 rings (SSSR count). The molecule has 0 heterocycles. The second-order valence-electron chi connectivity index (χ2n) is 1.67. The molecule has 0 aromatic heterocycles. The predicted molar refractivity (Wildman–Crippen MR) is 39.1 cm³/mol. The molecule has 0 saturated heterocycles. The van der Waals surface area contributed by atoms with Crippen LogP contribution in [0.25, 0.3) is 0 Å². The molecule has 0 atom stereocenters. The summed E-state index contributed by atoms with van der Waals surface area (Å²) in [6, 6.07) is 0. The van der Waals surface area contributed by atoms with Crippen molar-refractivity contribution < 1.29 is 27.7 Å². The average molecular weight is 320 g/mol.